The number of carbonyl (C=O) groups excluding carboxylic acids is 2. The number of hydrogen-bond acceptors (Lipinski definition) is 5. The second kappa shape index (κ2) is 15.2. The predicted molar refractivity (Wildman–Crippen MR) is 87.9 cm³/mol. The lowest BCUT2D eigenvalue weighted by Gasteiger charge is -2.11. The standard InChI is InChI=1S/C16H28N2O5/c1-3-15(20)17-8-7-11-22-9-5-6-10-23-13-14(19)12-18-16(21)4-2/h3-4,14,19H,1-2,5-13H2,(H,17,20)(H,18,21). The van der Waals surface area contributed by atoms with Crippen LogP contribution in [0.4, 0.5) is 0 Å². The van der Waals surface area contributed by atoms with Crippen LogP contribution in [0.25, 0.3) is 0 Å². The second-order valence-corrected chi connectivity index (χ2v) is 4.85. The summed E-state index contributed by atoms with van der Waals surface area (Å²) < 4.78 is 10.7. The minimum Gasteiger partial charge on any atom is -0.389 e. The van der Waals surface area contributed by atoms with Crippen LogP contribution in [0.15, 0.2) is 25.3 Å². The van der Waals surface area contributed by atoms with Gasteiger partial charge in [-0.1, -0.05) is 13.2 Å². The van der Waals surface area contributed by atoms with Gasteiger partial charge in [0, 0.05) is 32.9 Å². The van der Waals surface area contributed by atoms with E-state index in [1.807, 2.05) is 0 Å². The van der Waals surface area contributed by atoms with Crippen LogP contribution < -0.4 is 10.6 Å². The van der Waals surface area contributed by atoms with Gasteiger partial charge in [-0.15, -0.1) is 0 Å². The molecule has 7 nitrogen and oxygen atoms in total. The summed E-state index contributed by atoms with van der Waals surface area (Å²) in [6, 6.07) is 0. The number of aliphatic hydroxyl groups is 1. The number of unbranched alkanes of at least 4 members (excludes halogenated alkanes) is 1. The molecule has 1 unspecified atom stereocenters. The lowest BCUT2D eigenvalue weighted by Crippen LogP contribution is -2.33. The molecule has 0 bridgehead atoms. The Bertz CT molecular complexity index is 360. The normalized spacial score (nSPS) is 11.5. The highest BCUT2D eigenvalue weighted by Gasteiger charge is 2.05. The largest absolute Gasteiger partial charge is 0.389 e. The first-order chi connectivity index (χ1) is 11.1. The van der Waals surface area contributed by atoms with E-state index in [0.717, 1.165) is 25.3 Å². The van der Waals surface area contributed by atoms with Gasteiger partial charge in [-0.3, -0.25) is 9.59 Å². The number of nitrogens with one attached hydrogen (secondary N) is 2. The van der Waals surface area contributed by atoms with Gasteiger partial charge in [-0.25, -0.2) is 0 Å². The Balaban J connectivity index is 3.24. The van der Waals surface area contributed by atoms with E-state index in [1.54, 1.807) is 0 Å². The Morgan fingerprint density at radius 2 is 1.52 bits per heavy atom. The fraction of sp³-hybridized carbons (Fsp3) is 0.625. The third-order valence-corrected chi connectivity index (χ3v) is 2.78. The van der Waals surface area contributed by atoms with Gasteiger partial charge < -0.3 is 25.2 Å². The maximum Gasteiger partial charge on any atom is 0.243 e. The van der Waals surface area contributed by atoms with E-state index in [0.29, 0.717) is 26.4 Å². The van der Waals surface area contributed by atoms with Gasteiger partial charge in [0.2, 0.25) is 11.8 Å². The molecule has 0 spiro atoms. The molecule has 2 amide bonds. The predicted octanol–water partition coefficient (Wildman–Crippen LogP) is 0.155. The number of rotatable bonds is 15. The summed E-state index contributed by atoms with van der Waals surface area (Å²) in [5.74, 6) is -0.487. The Morgan fingerprint density at radius 3 is 2.17 bits per heavy atom. The SMILES string of the molecule is C=CC(=O)NCCCOCCCCOCC(O)CNC(=O)C=C. The quantitative estimate of drug-likeness (QED) is 0.294. The monoisotopic (exact) mass is 328 g/mol. The Morgan fingerprint density at radius 1 is 0.957 bits per heavy atom. The zero-order chi connectivity index (χ0) is 17.3. The summed E-state index contributed by atoms with van der Waals surface area (Å²) in [5, 5.41) is 14.7. The maximum atomic E-state index is 10.9. The fourth-order valence-electron chi connectivity index (χ4n) is 1.54. The van der Waals surface area contributed by atoms with Crippen LogP contribution in [0, 0.1) is 0 Å². The Kier molecular flexibility index (Phi) is 14.1. The molecule has 0 aromatic rings. The summed E-state index contributed by atoms with van der Waals surface area (Å²) in [7, 11) is 0. The van der Waals surface area contributed by atoms with Crippen LogP contribution in [-0.4, -0.2) is 62.5 Å². The minimum atomic E-state index is -0.721. The molecule has 0 heterocycles. The lowest BCUT2D eigenvalue weighted by molar-refractivity contribution is -0.117. The topological polar surface area (TPSA) is 96.9 Å². The van der Waals surface area contributed by atoms with E-state index in [-0.39, 0.29) is 25.0 Å². The van der Waals surface area contributed by atoms with Crippen LogP contribution >= 0.6 is 0 Å². The molecular weight excluding hydrogens is 300 g/mol. The molecule has 1 atom stereocenters. The van der Waals surface area contributed by atoms with Gasteiger partial charge in [0.1, 0.15) is 0 Å². The van der Waals surface area contributed by atoms with Crippen LogP contribution in [0.5, 0.6) is 0 Å². The summed E-state index contributed by atoms with van der Waals surface area (Å²) in [5.41, 5.74) is 0. The average molecular weight is 328 g/mol. The van der Waals surface area contributed by atoms with Crippen molar-refractivity contribution in [1.29, 1.82) is 0 Å². The van der Waals surface area contributed by atoms with Crippen molar-refractivity contribution >= 4 is 11.8 Å². The molecule has 23 heavy (non-hydrogen) atoms. The highest BCUT2D eigenvalue weighted by atomic mass is 16.5. The maximum absolute atomic E-state index is 10.9. The number of amides is 2. The van der Waals surface area contributed by atoms with E-state index in [1.165, 1.54) is 6.08 Å². The van der Waals surface area contributed by atoms with Crippen molar-refractivity contribution in [2.75, 3.05) is 39.5 Å². The van der Waals surface area contributed by atoms with E-state index in [4.69, 9.17) is 9.47 Å². The van der Waals surface area contributed by atoms with Crippen LogP contribution in [0.2, 0.25) is 0 Å². The molecule has 0 radical (unpaired) electrons. The van der Waals surface area contributed by atoms with Crippen molar-refractivity contribution in [2.45, 2.75) is 25.4 Å². The molecule has 0 saturated heterocycles. The van der Waals surface area contributed by atoms with Gasteiger partial charge in [-0.2, -0.15) is 0 Å². The van der Waals surface area contributed by atoms with Crippen LogP contribution in [-0.2, 0) is 19.1 Å². The molecule has 0 aliphatic rings. The zero-order valence-corrected chi connectivity index (χ0v) is 13.6. The summed E-state index contributed by atoms with van der Waals surface area (Å²) in [6.45, 7) is 9.36. The van der Waals surface area contributed by atoms with Gasteiger partial charge in [0.25, 0.3) is 0 Å². The first kappa shape index (κ1) is 21.3. The van der Waals surface area contributed by atoms with E-state index >= 15 is 0 Å². The molecule has 0 aliphatic heterocycles. The Labute approximate surface area is 137 Å². The van der Waals surface area contributed by atoms with Gasteiger partial charge in [0.05, 0.1) is 12.7 Å². The Hall–Kier alpha value is -1.70. The van der Waals surface area contributed by atoms with E-state index in [9.17, 15) is 14.7 Å². The number of aliphatic hydroxyl groups excluding tert-OH is 1. The van der Waals surface area contributed by atoms with Crippen LogP contribution in [0.3, 0.4) is 0 Å². The molecule has 0 saturated carbocycles. The first-order valence-corrected chi connectivity index (χ1v) is 7.74. The van der Waals surface area contributed by atoms with E-state index < -0.39 is 6.10 Å². The van der Waals surface area contributed by atoms with Gasteiger partial charge in [0.15, 0.2) is 0 Å². The van der Waals surface area contributed by atoms with Gasteiger partial charge >= 0.3 is 0 Å². The molecule has 0 rings (SSSR count). The first-order valence-electron chi connectivity index (χ1n) is 7.74. The molecule has 0 aromatic heterocycles. The van der Waals surface area contributed by atoms with Crippen LogP contribution in [0.1, 0.15) is 19.3 Å². The summed E-state index contributed by atoms with van der Waals surface area (Å²) in [4.78, 5) is 21.7. The molecule has 0 aromatic carbocycles. The van der Waals surface area contributed by atoms with Crippen molar-refractivity contribution < 1.29 is 24.2 Å². The molecule has 0 aliphatic carbocycles. The summed E-state index contributed by atoms with van der Waals surface area (Å²) in [6.07, 6.45) is 4.13. The second-order valence-electron chi connectivity index (χ2n) is 4.85. The third-order valence-electron chi connectivity index (χ3n) is 2.78. The average Bonchev–Trinajstić information content (AvgIpc) is 2.56. The molecule has 3 N–H and O–H groups in total. The van der Waals surface area contributed by atoms with Crippen molar-refractivity contribution in [1.82, 2.24) is 10.6 Å². The smallest absolute Gasteiger partial charge is 0.243 e. The van der Waals surface area contributed by atoms with Crippen molar-refractivity contribution in [3.8, 4) is 0 Å². The highest BCUT2D eigenvalue weighted by Crippen LogP contribution is 1.94. The van der Waals surface area contributed by atoms with E-state index in [2.05, 4.69) is 23.8 Å². The molecule has 7 heteroatoms. The van der Waals surface area contributed by atoms with Gasteiger partial charge in [-0.05, 0) is 31.4 Å². The van der Waals surface area contributed by atoms with Crippen molar-refractivity contribution in [3.05, 3.63) is 25.3 Å². The summed E-state index contributed by atoms with van der Waals surface area (Å²) >= 11 is 0. The third kappa shape index (κ3) is 15.0. The number of hydrogen-bond donors (Lipinski definition) is 3. The zero-order valence-electron chi connectivity index (χ0n) is 13.6. The number of carbonyl (C=O) groups is 2. The number of ether oxygens (including phenoxy) is 2. The van der Waals surface area contributed by atoms with Crippen molar-refractivity contribution in [3.63, 3.8) is 0 Å². The highest BCUT2D eigenvalue weighted by molar-refractivity contribution is 5.87. The fourth-order valence-corrected chi connectivity index (χ4v) is 1.54. The molecule has 0 fully saturated rings. The van der Waals surface area contributed by atoms with Crippen molar-refractivity contribution in [2.24, 2.45) is 0 Å². The minimum absolute atomic E-state index is 0.149. The molecule has 132 valence electrons. The lowest BCUT2D eigenvalue weighted by atomic mass is 10.3. The molecular formula is C16H28N2O5.